The first-order chi connectivity index (χ1) is 13.9. The van der Waals surface area contributed by atoms with Crippen molar-refractivity contribution in [2.75, 3.05) is 26.6 Å². The number of amides is 1. The van der Waals surface area contributed by atoms with Crippen molar-refractivity contribution in [1.29, 1.82) is 0 Å². The molecule has 0 saturated carbocycles. The molecule has 0 bridgehead atoms. The summed E-state index contributed by atoms with van der Waals surface area (Å²) in [7, 11) is 4.36. The Labute approximate surface area is 166 Å². The molecule has 3 aromatic rings. The standard InChI is InChI=1S/C20H21N3O6/c1-5-12-17(23-8-6-7-14(27-2)18(23)21-12)19(24)22-13-10-16(29-4)15(28-3)9-11(13)20(25)26/h6-10H,5H2,1-4H3,(H,22,24)(H,25,26). The zero-order valence-corrected chi connectivity index (χ0v) is 16.5. The van der Waals surface area contributed by atoms with Gasteiger partial charge < -0.3 is 24.6 Å². The minimum Gasteiger partial charge on any atom is -0.493 e. The summed E-state index contributed by atoms with van der Waals surface area (Å²) in [6.07, 6.45) is 2.21. The molecule has 9 nitrogen and oxygen atoms in total. The summed E-state index contributed by atoms with van der Waals surface area (Å²) < 4.78 is 17.3. The van der Waals surface area contributed by atoms with Gasteiger partial charge in [-0.25, -0.2) is 9.78 Å². The molecule has 2 N–H and O–H groups in total. The van der Waals surface area contributed by atoms with Crippen molar-refractivity contribution in [1.82, 2.24) is 9.38 Å². The van der Waals surface area contributed by atoms with Gasteiger partial charge in [0, 0.05) is 18.3 Å². The van der Waals surface area contributed by atoms with Gasteiger partial charge in [-0.2, -0.15) is 0 Å². The van der Waals surface area contributed by atoms with Crippen molar-refractivity contribution in [3.05, 3.63) is 47.4 Å². The molecule has 9 heteroatoms. The fourth-order valence-electron chi connectivity index (χ4n) is 3.08. The van der Waals surface area contributed by atoms with Gasteiger partial charge in [0.25, 0.3) is 5.91 Å². The van der Waals surface area contributed by atoms with E-state index in [1.165, 1.54) is 33.5 Å². The van der Waals surface area contributed by atoms with Gasteiger partial charge in [0.1, 0.15) is 5.69 Å². The number of fused-ring (bicyclic) bond motifs is 1. The molecular weight excluding hydrogens is 378 g/mol. The normalized spacial score (nSPS) is 10.6. The first kappa shape index (κ1) is 20.0. The Morgan fingerprint density at radius 1 is 1.10 bits per heavy atom. The Balaban J connectivity index is 2.11. The van der Waals surface area contributed by atoms with Crippen LogP contribution in [0, 0.1) is 0 Å². The average Bonchev–Trinajstić information content (AvgIpc) is 3.11. The van der Waals surface area contributed by atoms with Crippen LogP contribution in [0.5, 0.6) is 17.2 Å². The van der Waals surface area contributed by atoms with Gasteiger partial charge in [0.05, 0.1) is 38.3 Å². The highest BCUT2D eigenvalue weighted by molar-refractivity contribution is 6.08. The number of hydrogen-bond acceptors (Lipinski definition) is 6. The number of imidazole rings is 1. The third-order valence-electron chi connectivity index (χ3n) is 4.46. The molecule has 0 aliphatic carbocycles. The molecule has 0 aliphatic heterocycles. The first-order valence-electron chi connectivity index (χ1n) is 8.79. The molecule has 0 saturated heterocycles. The minimum atomic E-state index is -1.21. The lowest BCUT2D eigenvalue weighted by Gasteiger charge is -2.14. The van der Waals surface area contributed by atoms with Crippen LogP contribution in [0.1, 0.15) is 33.5 Å². The van der Waals surface area contributed by atoms with E-state index in [0.717, 1.165) is 0 Å². The van der Waals surface area contributed by atoms with Crippen LogP contribution in [0.4, 0.5) is 5.69 Å². The van der Waals surface area contributed by atoms with Crippen molar-refractivity contribution in [3.8, 4) is 17.2 Å². The number of nitrogens with zero attached hydrogens (tertiary/aromatic N) is 2. The maximum absolute atomic E-state index is 13.1. The number of anilines is 1. The molecular formula is C20H21N3O6. The van der Waals surface area contributed by atoms with Gasteiger partial charge in [0.15, 0.2) is 22.9 Å². The number of pyridine rings is 1. The molecule has 29 heavy (non-hydrogen) atoms. The molecule has 0 atom stereocenters. The summed E-state index contributed by atoms with van der Waals surface area (Å²) in [5.74, 6) is -0.646. The number of carboxylic acids is 1. The van der Waals surface area contributed by atoms with E-state index in [1.807, 2.05) is 6.92 Å². The molecule has 0 unspecified atom stereocenters. The van der Waals surface area contributed by atoms with Crippen LogP contribution in [0.3, 0.4) is 0 Å². The van der Waals surface area contributed by atoms with E-state index in [1.54, 1.807) is 22.7 Å². The number of carbonyl (C=O) groups is 2. The summed E-state index contributed by atoms with van der Waals surface area (Å²) in [5.41, 5.74) is 1.32. The molecule has 152 valence electrons. The number of aromatic nitrogens is 2. The summed E-state index contributed by atoms with van der Waals surface area (Å²) in [5, 5.41) is 12.2. The molecule has 1 amide bonds. The smallest absolute Gasteiger partial charge is 0.337 e. The quantitative estimate of drug-likeness (QED) is 0.628. The summed E-state index contributed by atoms with van der Waals surface area (Å²) in [6.45, 7) is 1.88. The highest BCUT2D eigenvalue weighted by Crippen LogP contribution is 2.34. The molecule has 0 spiro atoms. The number of benzene rings is 1. The van der Waals surface area contributed by atoms with Crippen molar-refractivity contribution in [3.63, 3.8) is 0 Å². The van der Waals surface area contributed by atoms with E-state index < -0.39 is 11.9 Å². The first-order valence-corrected chi connectivity index (χ1v) is 8.79. The van der Waals surface area contributed by atoms with E-state index >= 15 is 0 Å². The SMILES string of the molecule is CCc1nc2c(OC)cccn2c1C(=O)Nc1cc(OC)c(OC)cc1C(=O)O. The van der Waals surface area contributed by atoms with Gasteiger partial charge in [0.2, 0.25) is 0 Å². The number of carbonyl (C=O) groups excluding carboxylic acids is 1. The second kappa shape index (κ2) is 8.09. The van der Waals surface area contributed by atoms with Crippen molar-refractivity contribution < 1.29 is 28.9 Å². The number of aryl methyl sites for hydroxylation is 1. The van der Waals surface area contributed by atoms with Crippen molar-refractivity contribution >= 4 is 23.2 Å². The highest BCUT2D eigenvalue weighted by Gasteiger charge is 2.23. The van der Waals surface area contributed by atoms with Crippen LogP contribution >= 0.6 is 0 Å². The topological polar surface area (TPSA) is 111 Å². The Kier molecular flexibility index (Phi) is 5.58. The van der Waals surface area contributed by atoms with Gasteiger partial charge >= 0.3 is 5.97 Å². The largest absolute Gasteiger partial charge is 0.493 e. The number of carboxylic acid groups (broad SMARTS) is 1. The Bertz CT molecular complexity index is 1090. The second-order valence-corrected chi connectivity index (χ2v) is 6.04. The number of aromatic carboxylic acids is 1. The van der Waals surface area contributed by atoms with Gasteiger partial charge in [-0.15, -0.1) is 0 Å². The average molecular weight is 399 g/mol. The summed E-state index contributed by atoms with van der Waals surface area (Å²) in [4.78, 5) is 29.3. The Morgan fingerprint density at radius 3 is 2.34 bits per heavy atom. The fourth-order valence-corrected chi connectivity index (χ4v) is 3.08. The van der Waals surface area contributed by atoms with E-state index in [0.29, 0.717) is 35.0 Å². The maximum Gasteiger partial charge on any atom is 0.337 e. The number of nitrogens with one attached hydrogen (secondary N) is 1. The van der Waals surface area contributed by atoms with Crippen LogP contribution < -0.4 is 19.5 Å². The third-order valence-corrected chi connectivity index (χ3v) is 4.46. The number of ether oxygens (including phenoxy) is 3. The van der Waals surface area contributed by atoms with Gasteiger partial charge in [-0.05, 0) is 18.6 Å². The number of methoxy groups -OCH3 is 3. The molecule has 2 heterocycles. The molecule has 1 aromatic carbocycles. The van der Waals surface area contributed by atoms with Crippen LogP contribution in [0.2, 0.25) is 0 Å². The highest BCUT2D eigenvalue weighted by atomic mass is 16.5. The third kappa shape index (κ3) is 3.54. The number of rotatable bonds is 7. The van der Waals surface area contributed by atoms with Gasteiger partial charge in [-0.1, -0.05) is 6.92 Å². The lowest BCUT2D eigenvalue weighted by atomic mass is 10.1. The van der Waals surface area contributed by atoms with E-state index in [9.17, 15) is 14.7 Å². The van der Waals surface area contributed by atoms with Gasteiger partial charge in [-0.3, -0.25) is 9.20 Å². The lowest BCUT2D eigenvalue weighted by Crippen LogP contribution is -2.18. The van der Waals surface area contributed by atoms with Crippen LogP contribution in [-0.2, 0) is 6.42 Å². The van der Waals surface area contributed by atoms with E-state index in [-0.39, 0.29) is 17.0 Å². The molecule has 2 aromatic heterocycles. The zero-order chi connectivity index (χ0) is 21.1. The monoisotopic (exact) mass is 399 g/mol. The summed E-state index contributed by atoms with van der Waals surface area (Å²) >= 11 is 0. The zero-order valence-electron chi connectivity index (χ0n) is 16.5. The van der Waals surface area contributed by atoms with E-state index in [4.69, 9.17) is 14.2 Å². The van der Waals surface area contributed by atoms with Crippen LogP contribution in [0.25, 0.3) is 5.65 Å². The predicted molar refractivity (Wildman–Crippen MR) is 106 cm³/mol. The second-order valence-electron chi connectivity index (χ2n) is 6.04. The molecule has 0 radical (unpaired) electrons. The van der Waals surface area contributed by atoms with E-state index in [2.05, 4.69) is 10.3 Å². The van der Waals surface area contributed by atoms with Crippen molar-refractivity contribution in [2.24, 2.45) is 0 Å². The predicted octanol–water partition coefficient (Wildman–Crippen LogP) is 2.87. The number of hydrogen-bond donors (Lipinski definition) is 2. The molecule has 0 aliphatic rings. The minimum absolute atomic E-state index is 0.0834. The van der Waals surface area contributed by atoms with Crippen LogP contribution in [-0.4, -0.2) is 47.7 Å². The maximum atomic E-state index is 13.1. The van der Waals surface area contributed by atoms with Crippen LogP contribution in [0.15, 0.2) is 30.5 Å². The molecule has 3 rings (SSSR count). The van der Waals surface area contributed by atoms with Crippen molar-refractivity contribution in [2.45, 2.75) is 13.3 Å². The lowest BCUT2D eigenvalue weighted by molar-refractivity contribution is 0.0697. The molecule has 0 fully saturated rings. The summed E-state index contributed by atoms with van der Waals surface area (Å²) in [6, 6.07) is 6.20. The Hall–Kier alpha value is -3.75. The fraction of sp³-hybridized carbons (Fsp3) is 0.250. The Morgan fingerprint density at radius 2 is 1.76 bits per heavy atom.